The normalized spacial score (nSPS) is 23.6. The maximum Gasteiger partial charge on any atom is 0.325 e. The van der Waals surface area contributed by atoms with Gasteiger partial charge in [0.2, 0.25) is 5.91 Å². The Morgan fingerprint density at radius 1 is 1.32 bits per heavy atom. The van der Waals surface area contributed by atoms with Crippen molar-refractivity contribution in [1.29, 1.82) is 0 Å². The molecule has 3 N–H and O–H groups in total. The number of primary amides is 1. The van der Waals surface area contributed by atoms with Crippen molar-refractivity contribution in [3.8, 4) is 0 Å². The van der Waals surface area contributed by atoms with Crippen molar-refractivity contribution in [2.75, 3.05) is 6.54 Å². The highest BCUT2D eigenvalue weighted by Crippen LogP contribution is 2.32. The van der Waals surface area contributed by atoms with Crippen molar-refractivity contribution in [3.63, 3.8) is 0 Å². The standard InChI is InChI=1S/C16H19N3O3/c1-16(12-6-5-10-3-2-4-11(10)9-12)14(21)19(15(22)18-16)8-7-13(17)20/h5-6,9H,2-4,7-8H2,1H3,(H2,17,20)(H,18,22)/t16-/m0/s1. The van der Waals surface area contributed by atoms with E-state index in [-0.39, 0.29) is 18.9 Å². The van der Waals surface area contributed by atoms with Crippen LogP contribution >= 0.6 is 0 Å². The van der Waals surface area contributed by atoms with Crippen LogP contribution in [0.5, 0.6) is 0 Å². The first-order chi connectivity index (χ1) is 10.4. The van der Waals surface area contributed by atoms with Crippen molar-refractivity contribution in [2.24, 2.45) is 5.73 Å². The van der Waals surface area contributed by atoms with Gasteiger partial charge in [0, 0.05) is 13.0 Å². The zero-order valence-electron chi connectivity index (χ0n) is 12.5. The fourth-order valence-electron chi connectivity index (χ4n) is 3.20. The molecule has 1 aliphatic carbocycles. The summed E-state index contributed by atoms with van der Waals surface area (Å²) in [6.45, 7) is 1.72. The van der Waals surface area contributed by atoms with Crippen LogP contribution < -0.4 is 11.1 Å². The SMILES string of the molecule is C[C@@]1(c2ccc3c(c2)CCC3)NC(=O)N(CCC(N)=O)C1=O. The maximum absolute atomic E-state index is 12.6. The second-order valence-corrected chi connectivity index (χ2v) is 6.07. The molecular formula is C16H19N3O3. The number of hydrogen-bond acceptors (Lipinski definition) is 3. The second-order valence-electron chi connectivity index (χ2n) is 6.07. The zero-order valence-corrected chi connectivity index (χ0v) is 12.5. The number of fused-ring (bicyclic) bond motifs is 1. The molecule has 0 radical (unpaired) electrons. The Kier molecular flexibility index (Phi) is 3.39. The van der Waals surface area contributed by atoms with Crippen LogP contribution in [0, 0.1) is 0 Å². The summed E-state index contributed by atoms with van der Waals surface area (Å²) in [7, 11) is 0. The second kappa shape index (κ2) is 5.12. The average molecular weight is 301 g/mol. The summed E-state index contributed by atoms with van der Waals surface area (Å²) in [5.41, 5.74) is 7.36. The van der Waals surface area contributed by atoms with Gasteiger partial charge >= 0.3 is 6.03 Å². The topological polar surface area (TPSA) is 92.5 Å². The molecular weight excluding hydrogens is 282 g/mol. The zero-order chi connectivity index (χ0) is 15.9. The number of benzene rings is 1. The van der Waals surface area contributed by atoms with Crippen LogP contribution in [0.15, 0.2) is 18.2 Å². The van der Waals surface area contributed by atoms with Gasteiger partial charge in [0.25, 0.3) is 5.91 Å². The molecule has 1 atom stereocenters. The average Bonchev–Trinajstić information content (AvgIpc) is 3.01. The summed E-state index contributed by atoms with van der Waals surface area (Å²) >= 11 is 0. The molecule has 1 aromatic carbocycles. The van der Waals surface area contributed by atoms with Crippen LogP contribution in [0.2, 0.25) is 0 Å². The summed E-state index contributed by atoms with van der Waals surface area (Å²) in [4.78, 5) is 36.7. The van der Waals surface area contributed by atoms with E-state index in [2.05, 4.69) is 5.32 Å². The quantitative estimate of drug-likeness (QED) is 0.806. The van der Waals surface area contributed by atoms with E-state index >= 15 is 0 Å². The van der Waals surface area contributed by atoms with Crippen molar-refractivity contribution in [2.45, 2.75) is 38.1 Å². The lowest BCUT2D eigenvalue weighted by atomic mass is 9.89. The summed E-state index contributed by atoms with van der Waals surface area (Å²) in [5, 5.41) is 2.75. The van der Waals surface area contributed by atoms with Crippen LogP contribution in [0.4, 0.5) is 4.79 Å². The van der Waals surface area contributed by atoms with Gasteiger partial charge in [0.05, 0.1) is 0 Å². The molecule has 6 nitrogen and oxygen atoms in total. The minimum atomic E-state index is -1.08. The molecule has 0 spiro atoms. The lowest BCUT2D eigenvalue weighted by molar-refractivity contribution is -0.131. The fourth-order valence-corrected chi connectivity index (χ4v) is 3.20. The number of carbonyl (C=O) groups excluding carboxylic acids is 3. The molecule has 1 heterocycles. The number of aryl methyl sites for hydroxylation is 2. The smallest absolute Gasteiger partial charge is 0.325 e. The van der Waals surface area contributed by atoms with E-state index in [0.717, 1.165) is 29.7 Å². The Balaban J connectivity index is 1.88. The van der Waals surface area contributed by atoms with Crippen LogP contribution in [0.3, 0.4) is 0 Å². The Hall–Kier alpha value is -2.37. The van der Waals surface area contributed by atoms with E-state index in [1.807, 2.05) is 18.2 Å². The van der Waals surface area contributed by atoms with Crippen molar-refractivity contribution in [3.05, 3.63) is 34.9 Å². The molecule has 0 bridgehead atoms. The monoisotopic (exact) mass is 301 g/mol. The van der Waals surface area contributed by atoms with Gasteiger partial charge in [-0.05, 0) is 42.9 Å². The first-order valence-electron chi connectivity index (χ1n) is 7.46. The van der Waals surface area contributed by atoms with E-state index in [4.69, 9.17) is 5.73 Å². The number of rotatable bonds is 4. The molecule has 4 amide bonds. The van der Waals surface area contributed by atoms with Crippen molar-refractivity contribution >= 4 is 17.8 Å². The number of nitrogens with one attached hydrogen (secondary N) is 1. The third-order valence-corrected chi connectivity index (χ3v) is 4.53. The highest BCUT2D eigenvalue weighted by molar-refractivity contribution is 6.07. The van der Waals surface area contributed by atoms with Crippen LogP contribution in [-0.4, -0.2) is 29.3 Å². The summed E-state index contributed by atoms with van der Waals surface area (Å²) in [6.07, 6.45) is 3.17. The largest absolute Gasteiger partial charge is 0.370 e. The van der Waals surface area contributed by atoms with Crippen LogP contribution in [0.25, 0.3) is 0 Å². The minimum absolute atomic E-state index is 0.0144. The molecule has 0 unspecified atom stereocenters. The molecule has 3 rings (SSSR count). The molecule has 2 aliphatic rings. The maximum atomic E-state index is 12.6. The van der Waals surface area contributed by atoms with Gasteiger partial charge in [-0.15, -0.1) is 0 Å². The summed E-state index contributed by atoms with van der Waals surface area (Å²) < 4.78 is 0. The molecule has 6 heteroatoms. The number of hydrogen-bond donors (Lipinski definition) is 2. The number of carbonyl (C=O) groups is 3. The lowest BCUT2D eigenvalue weighted by Gasteiger charge is -2.23. The van der Waals surface area contributed by atoms with Crippen LogP contribution in [0.1, 0.15) is 36.5 Å². The number of nitrogens with zero attached hydrogens (tertiary/aromatic N) is 1. The van der Waals surface area contributed by atoms with Gasteiger partial charge in [-0.3, -0.25) is 14.5 Å². The van der Waals surface area contributed by atoms with Gasteiger partial charge in [-0.25, -0.2) is 4.79 Å². The van der Waals surface area contributed by atoms with Gasteiger partial charge in [0.1, 0.15) is 5.54 Å². The van der Waals surface area contributed by atoms with E-state index in [1.165, 1.54) is 11.1 Å². The minimum Gasteiger partial charge on any atom is -0.370 e. The third kappa shape index (κ3) is 2.24. The molecule has 1 saturated heterocycles. The van der Waals surface area contributed by atoms with Gasteiger partial charge in [-0.2, -0.15) is 0 Å². The predicted molar refractivity (Wildman–Crippen MR) is 79.9 cm³/mol. The molecule has 116 valence electrons. The molecule has 0 saturated carbocycles. The first-order valence-corrected chi connectivity index (χ1v) is 7.46. The van der Waals surface area contributed by atoms with Gasteiger partial charge < -0.3 is 11.1 Å². The fraction of sp³-hybridized carbons (Fsp3) is 0.438. The highest BCUT2D eigenvalue weighted by Gasteiger charge is 2.48. The van der Waals surface area contributed by atoms with E-state index in [1.54, 1.807) is 6.92 Å². The Morgan fingerprint density at radius 3 is 2.77 bits per heavy atom. The lowest BCUT2D eigenvalue weighted by Crippen LogP contribution is -2.41. The summed E-state index contributed by atoms with van der Waals surface area (Å²) in [5.74, 6) is -0.872. The van der Waals surface area contributed by atoms with Crippen molar-refractivity contribution in [1.82, 2.24) is 10.2 Å². The molecule has 1 aliphatic heterocycles. The third-order valence-electron chi connectivity index (χ3n) is 4.53. The molecule has 22 heavy (non-hydrogen) atoms. The Bertz CT molecular complexity index is 671. The predicted octanol–water partition coefficient (Wildman–Crippen LogP) is 0.818. The van der Waals surface area contributed by atoms with Gasteiger partial charge in [-0.1, -0.05) is 18.2 Å². The number of nitrogens with two attached hydrogens (primary N) is 1. The number of urea groups is 1. The molecule has 1 fully saturated rings. The first kappa shape index (κ1) is 14.6. The Morgan fingerprint density at radius 2 is 2.05 bits per heavy atom. The van der Waals surface area contributed by atoms with Crippen molar-refractivity contribution < 1.29 is 14.4 Å². The highest BCUT2D eigenvalue weighted by atomic mass is 16.2. The molecule has 0 aromatic heterocycles. The Labute approximate surface area is 128 Å². The molecule has 1 aromatic rings. The number of amides is 4. The van der Waals surface area contributed by atoms with E-state index in [0.29, 0.717) is 0 Å². The summed E-state index contributed by atoms with van der Waals surface area (Å²) in [6, 6.07) is 5.47. The number of imide groups is 1. The van der Waals surface area contributed by atoms with Crippen LogP contribution in [-0.2, 0) is 28.0 Å². The van der Waals surface area contributed by atoms with E-state index < -0.39 is 17.5 Å². The van der Waals surface area contributed by atoms with E-state index in [9.17, 15) is 14.4 Å². The van der Waals surface area contributed by atoms with Gasteiger partial charge in [0.15, 0.2) is 0 Å².